The van der Waals surface area contributed by atoms with Crippen molar-refractivity contribution in [1.29, 1.82) is 0 Å². The Bertz CT molecular complexity index is 1250. The van der Waals surface area contributed by atoms with Crippen LogP contribution in [-0.2, 0) is 17.4 Å². The highest BCUT2D eigenvalue weighted by molar-refractivity contribution is 7.13. The van der Waals surface area contributed by atoms with E-state index >= 15 is 0 Å². The van der Waals surface area contributed by atoms with Crippen LogP contribution in [0.1, 0.15) is 29.2 Å². The molecule has 1 amide bonds. The molecule has 3 heterocycles. The Morgan fingerprint density at radius 3 is 2.74 bits per heavy atom. The molecule has 11 heteroatoms. The molecule has 0 unspecified atom stereocenters. The smallest absolute Gasteiger partial charge is 0.326 e. The Kier molecular flexibility index (Phi) is 5.44. The van der Waals surface area contributed by atoms with Crippen LogP contribution in [0.15, 0.2) is 35.8 Å². The molecule has 1 N–H and O–H groups in total. The van der Waals surface area contributed by atoms with E-state index in [9.17, 15) is 18.0 Å². The van der Waals surface area contributed by atoms with Gasteiger partial charge in [-0.3, -0.25) is 4.79 Å². The maximum Gasteiger partial charge on any atom is 0.453 e. The molecule has 0 fully saturated rings. The van der Waals surface area contributed by atoms with E-state index in [1.807, 2.05) is 23.6 Å². The molecule has 0 aliphatic rings. The lowest BCUT2D eigenvalue weighted by Gasteiger charge is -2.11. The van der Waals surface area contributed by atoms with Crippen molar-refractivity contribution in [2.24, 2.45) is 0 Å². The number of carbonyl (C=O) groups is 1. The first-order valence-corrected chi connectivity index (χ1v) is 10.2. The van der Waals surface area contributed by atoms with Gasteiger partial charge in [0.15, 0.2) is 0 Å². The summed E-state index contributed by atoms with van der Waals surface area (Å²) >= 11 is 1.50. The average Bonchev–Trinajstić information content (AvgIpc) is 3.38. The summed E-state index contributed by atoms with van der Waals surface area (Å²) in [6.07, 6.45) is -2.49. The first-order chi connectivity index (χ1) is 14.7. The van der Waals surface area contributed by atoms with Crippen molar-refractivity contribution in [2.45, 2.75) is 32.9 Å². The molecule has 0 radical (unpaired) electrons. The third-order valence-corrected chi connectivity index (χ3v) is 5.55. The quantitative estimate of drug-likeness (QED) is 0.489. The number of anilines is 1. The summed E-state index contributed by atoms with van der Waals surface area (Å²) in [5.41, 5.74) is 3.21. The first kappa shape index (κ1) is 20.9. The van der Waals surface area contributed by atoms with E-state index in [0.29, 0.717) is 29.1 Å². The second-order valence-corrected chi connectivity index (χ2v) is 7.77. The van der Waals surface area contributed by atoms with Gasteiger partial charge in [0.25, 0.3) is 11.6 Å². The van der Waals surface area contributed by atoms with Crippen LogP contribution in [0.2, 0.25) is 0 Å². The number of hydrogen-bond acceptors (Lipinski definition) is 6. The fraction of sp³-hybridized carbons (Fsp3) is 0.250. The maximum absolute atomic E-state index is 12.9. The van der Waals surface area contributed by atoms with E-state index in [2.05, 4.69) is 25.4 Å². The number of alkyl halides is 3. The van der Waals surface area contributed by atoms with Crippen LogP contribution < -0.4 is 5.32 Å². The lowest BCUT2D eigenvalue weighted by molar-refractivity contribution is -0.144. The first-order valence-electron chi connectivity index (χ1n) is 9.32. The Hall–Kier alpha value is -3.34. The number of hydrogen-bond donors (Lipinski definition) is 1. The molecule has 0 aliphatic heterocycles. The number of nitrogens with zero attached hydrogens (tertiary/aromatic N) is 5. The highest BCUT2D eigenvalue weighted by atomic mass is 32.1. The Labute approximate surface area is 179 Å². The number of aryl methyl sites for hydroxylation is 2. The number of aromatic nitrogens is 5. The fourth-order valence-electron chi connectivity index (χ4n) is 3.25. The standard InChI is InChI=1S/C20H17F3N6OS/c1-11-15(12(2)29-19(25-11)27-18(28-29)20(21,22)23)6-7-16(30)26-14-5-3-4-13(10-14)17-24-8-9-31-17/h3-5,8-10H,6-7H2,1-2H3,(H,26,30). The number of carbonyl (C=O) groups excluding carboxylic acids is 1. The summed E-state index contributed by atoms with van der Waals surface area (Å²) in [5.74, 6) is -1.57. The summed E-state index contributed by atoms with van der Waals surface area (Å²) in [5, 5.41) is 9.11. The van der Waals surface area contributed by atoms with Crippen LogP contribution in [0.25, 0.3) is 16.3 Å². The molecule has 3 aromatic heterocycles. The second kappa shape index (κ2) is 8.06. The normalized spacial score (nSPS) is 11.8. The molecule has 0 saturated heterocycles. The summed E-state index contributed by atoms with van der Waals surface area (Å²) in [4.78, 5) is 24.3. The van der Waals surface area contributed by atoms with Gasteiger partial charge >= 0.3 is 6.18 Å². The van der Waals surface area contributed by atoms with Crippen LogP contribution in [0.5, 0.6) is 0 Å². The molecule has 160 valence electrons. The van der Waals surface area contributed by atoms with Crippen LogP contribution in [0.4, 0.5) is 18.9 Å². The van der Waals surface area contributed by atoms with Gasteiger partial charge in [-0.25, -0.2) is 14.5 Å². The lowest BCUT2D eigenvalue weighted by Crippen LogP contribution is -2.14. The lowest BCUT2D eigenvalue weighted by atomic mass is 10.1. The molecule has 0 spiro atoms. The number of benzene rings is 1. The molecule has 4 aromatic rings. The molecule has 31 heavy (non-hydrogen) atoms. The van der Waals surface area contributed by atoms with Crippen molar-refractivity contribution < 1.29 is 18.0 Å². The molecular weight excluding hydrogens is 429 g/mol. The van der Waals surface area contributed by atoms with Gasteiger partial charge < -0.3 is 5.32 Å². The van der Waals surface area contributed by atoms with Gasteiger partial charge in [-0.05, 0) is 38.0 Å². The molecule has 0 saturated carbocycles. The van der Waals surface area contributed by atoms with Crippen LogP contribution in [0.3, 0.4) is 0 Å². The van der Waals surface area contributed by atoms with Crippen molar-refractivity contribution in [3.05, 3.63) is 58.6 Å². The van der Waals surface area contributed by atoms with Gasteiger partial charge in [0, 0.05) is 40.6 Å². The zero-order valence-electron chi connectivity index (χ0n) is 16.6. The molecule has 4 rings (SSSR count). The summed E-state index contributed by atoms with van der Waals surface area (Å²) in [7, 11) is 0. The topological polar surface area (TPSA) is 85.1 Å². The van der Waals surface area contributed by atoms with E-state index in [1.165, 1.54) is 11.3 Å². The Morgan fingerprint density at radius 1 is 1.23 bits per heavy atom. The molecule has 0 aliphatic carbocycles. The van der Waals surface area contributed by atoms with E-state index < -0.39 is 12.0 Å². The predicted molar refractivity (Wildman–Crippen MR) is 110 cm³/mol. The van der Waals surface area contributed by atoms with Gasteiger partial charge in [0.2, 0.25) is 5.91 Å². The van der Waals surface area contributed by atoms with Gasteiger partial charge in [-0.2, -0.15) is 18.2 Å². The average molecular weight is 446 g/mol. The summed E-state index contributed by atoms with van der Waals surface area (Å²) < 4.78 is 39.8. The molecular formula is C20H17F3N6OS. The van der Waals surface area contributed by atoms with Gasteiger partial charge in [0.05, 0.1) is 0 Å². The number of thiazole rings is 1. The SMILES string of the molecule is Cc1nc2nc(C(F)(F)F)nn2c(C)c1CCC(=O)Nc1cccc(-c2nccs2)c1. The maximum atomic E-state index is 12.9. The minimum atomic E-state index is -4.65. The number of rotatable bonds is 5. The molecule has 1 aromatic carbocycles. The van der Waals surface area contributed by atoms with Crippen molar-refractivity contribution in [3.63, 3.8) is 0 Å². The number of nitrogens with one attached hydrogen (secondary N) is 1. The highest BCUT2D eigenvalue weighted by Gasteiger charge is 2.36. The van der Waals surface area contributed by atoms with Crippen molar-refractivity contribution in [2.75, 3.05) is 5.32 Å². The van der Waals surface area contributed by atoms with E-state index in [0.717, 1.165) is 15.1 Å². The van der Waals surface area contributed by atoms with E-state index in [4.69, 9.17) is 0 Å². The molecule has 0 atom stereocenters. The van der Waals surface area contributed by atoms with Crippen molar-refractivity contribution >= 4 is 28.7 Å². The number of amides is 1. The molecule has 7 nitrogen and oxygen atoms in total. The monoisotopic (exact) mass is 446 g/mol. The van der Waals surface area contributed by atoms with Gasteiger partial charge in [-0.1, -0.05) is 12.1 Å². The minimum Gasteiger partial charge on any atom is -0.326 e. The van der Waals surface area contributed by atoms with E-state index in [1.54, 1.807) is 26.1 Å². The summed E-state index contributed by atoms with van der Waals surface area (Å²) in [6, 6.07) is 7.37. The summed E-state index contributed by atoms with van der Waals surface area (Å²) in [6.45, 7) is 3.32. The minimum absolute atomic E-state index is 0.116. The zero-order valence-corrected chi connectivity index (χ0v) is 17.4. The second-order valence-electron chi connectivity index (χ2n) is 6.87. The predicted octanol–water partition coefficient (Wildman–Crippen LogP) is 4.45. The van der Waals surface area contributed by atoms with Gasteiger partial charge in [0.1, 0.15) is 5.01 Å². The Balaban J connectivity index is 1.49. The number of fused-ring (bicyclic) bond motifs is 1. The largest absolute Gasteiger partial charge is 0.453 e. The zero-order chi connectivity index (χ0) is 22.2. The molecule has 0 bridgehead atoms. The third kappa shape index (κ3) is 4.41. The Morgan fingerprint density at radius 2 is 2.03 bits per heavy atom. The third-order valence-electron chi connectivity index (χ3n) is 4.73. The van der Waals surface area contributed by atoms with Crippen molar-refractivity contribution in [3.8, 4) is 10.6 Å². The van der Waals surface area contributed by atoms with E-state index in [-0.39, 0.29) is 18.1 Å². The van der Waals surface area contributed by atoms with Gasteiger partial charge in [-0.15, -0.1) is 16.4 Å². The number of halogens is 3. The van der Waals surface area contributed by atoms with Crippen LogP contribution >= 0.6 is 11.3 Å². The fourth-order valence-corrected chi connectivity index (χ4v) is 3.88. The van der Waals surface area contributed by atoms with Crippen LogP contribution in [-0.4, -0.2) is 30.5 Å². The van der Waals surface area contributed by atoms with Crippen LogP contribution in [0, 0.1) is 13.8 Å². The van der Waals surface area contributed by atoms with Crippen molar-refractivity contribution in [1.82, 2.24) is 24.6 Å². The highest BCUT2D eigenvalue weighted by Crippen LogP contribution is 2.27.